The summed E-state index contributed by atoms with van der Waals surface area (Å²) in [4.78, 5) is 49.0. The summed E-state index contributed by atoms with van der Waals surface area (Å²) in [7, 11) is 0. The Morgan fingerprint density at radius 2 is 2.00 bits per heavy atom. The molecule has 208 valence electrons. The van der Waals surface area contributed by atoms with E-state index in [0.717, 1.165) is 0 Å². The zero-order valence-electron chi connectivity index (χ0n) is 21.4. The maximum atomic E-state index is 12.4. The van der Waals surface area contributed by atoms with Crippen molar-refractivity contribution in [2.75, 3.05) is 11.9 Å². The van der Waals surface area contributed by atoms with Crippen molar-refractivity contribution >= 4 is 58.0 Å². The summed E-state index contributed by atoms with van der Waals surface area (Å²) < 4.78 is 19.0. The van der Waals surface area contributed by atoms with Gasteiger partial charge in [0.2, 0.25) is 11.9 Å². The number of aliphatic hydroxyl groups excluding tert-OH is 1. The van der Waals surface area contributed by atoms with Crippen molar-refractivity contribution in [1.29, 1.82) is 0 Å². The number of Topliss-reactive ketones (excluding diaryl/α,β-unsaturated/α-hetero) is 1. The van der Waals surface area contributed by atoms with Crippen LogP contribution in [0.25, 0.3) is 11.2 Å². The van der Waals surface area contributed by atoms with Crippen molar-refractivity contribution in [3.63, 3.8) is 0 Å². The van der Waals surface area contributed by atoms with Gasteiger partial charge in [0.25, 0.3) is 5.88 Å². The zero-order valence-corrected chi connectivity index (χ0v) is 22.9. The smallest absolute Gasteiger partial charge is 0.306 e. The Hall–Kier alpha value is -3.32. The number of benzene rings is 1. The third-order valence-electron chi connectivity index (χ3n) is 5.88. The third kappa shape index (κ3) is 6.82. The fourth-order valence-electron chi connectivity index (χ4n) is 3.81. The van der Waals surface area contributed by atoms with Gasteiger partial charge in [0.05, 0.1) is 24.4 Å². The Labute approximate surface area is 233 Å². The molecule has 0 spiro atoms. The summed E-state index contributed by atoms with van der Waals surface area (Å²) in [5.41, 5.74) is 0.488. The quantitative estimate of drug-likeness (QED) is 0.335. The van der Waals surface area contributed by atoms with E-state index in [1.165, 1.54) is 19.3 Å². The minimum atomic E-state index is -0.809. The number of carbonyl (C=O) groups excluding carboxylic acids is 3. The summed E-state index contributed by atoms with van der Waals surface area (Å²) in [5.74, 6) is -1.18. The highest BCUT2D eigenvalue weighted by Gasteiger charge is 2.39. The van der Waals surface area contributed by atoms with Crippen molar-refractivity contribution in [3.05, 3.63) is 34.6 Å². The molecular weight excluding hydrogens is 553 g/mol. The molecule has 1 saturated heterocycles. The number of halogens is 2. The number of rotatable bonds is 10. The number of aromatic nitrogens is 4. The summed E-state index contributed by atoms with van der Waals surface area (Å²) >= 11 is 12.4. The Kier molecular flexibility index (Phi) is 9.01. The van der Waals surface area contributed by atoms with Gasteiger partial charge in [-0.05, 0) is 19.1 Å². The number of hydrogen-bond acceptors (Lipinski definition) is 10. The topological polar surface area (TPSA) is 155 Å². The second kappa shape index (κ2) is 12.2. The predicted molar refractivity (Wildman–Crippen MR) is 141 cm³/mol. The zero-order chi connectivity index (χ0) is 28.3. The number of fused-ring (bicyclic) bond motifs is 1. The molecule has 3 aromatic rings. The molecule has 1 amide bonds. The predicted octanol–water partition coefficient (Wildman–Crippen LogP) is 4.08. The fourth-order valence-corrected chi connectivity index (χ4v) is 4.13. The molecule has 0 aliphatic carbocycles. The van der Waals surface area contributed by atoms with Crippen LogP contribution in [-0.2, 0) is 23.9 Å². The highest BCUT2D eigenvalue weighted by atomic mass is 35.5. The van der Waals surface area contributed by atoms with Crippen LogP contribution < -0.4 is 10.1 Å². The van der Waals surface area contributed by atoms with Crippen LogP contribution >= 0.6 is 23.2 Å². The molecule has 2 N–H and O–H groups in total. The Morgan fingerprint density at radius 1 is 1.23 bits per heavy atom. The van der Waals surface area contributed by atoms with E-state index in [-0.39, 0.29) is 70.6 Å². The van der Waals surface area contributed by atoms with Gasteiger partial charge >= 0.3 is 5.97 Å². The van der Waals surface area contributed by atoms with E-state index < -0.39 is 31.0 Å². The number of nitrogens with one attached hydrogen (secondary N) is 1. The van der Waals surface area contributed by atoms with Gasteiger partial charge in [-0.2, -0.15) is 9.97 Å². The van der Waals surface area contributed by atoms with Crippen LogP contribution in [0.1, 0.15) is 46.3 Å². The molecule has 0 saturated carbocycles. The molecule has 0 radical (unpaired) electrons. The Bertz CT molecular complexity index is 1400. The molecule has 39 heavy (non-hydrogen) atoms. The highest BCUT2D eigenvalue weighted by Crippen LogP contribution is 2.37. The normalized spacial score (nSPS) is 18.9. The molecule has 14 heteroatoms. The Balaban J connectivity index is 1.67. The first-order valence-electron chi connectivity index (χ1n) is 12.2. The van der Waals surface area contributed by atoms with Crippen molar-refractivity contribution in [2.45, 2.75) is 58.5 Å². The molecule has 3 heterocycles. The monoisotopic (exact) mass is 579 g/mol. The molecule has 1 aromatic carbocycles. The molecule has 0 bridgehead atoms. The van der Waals surface area contributed by atoms with E-state index in [2.05, 4.69) is 20.3 Å². The molecule has 3 atom stereocenters. The van der Waals surface area contributed by atoms with Crippen molar-refractivity contribution < 1.29 is 33.7 Å². The lowest BCUT2D eigenvalue weighted by Gasteiger charge is -2.16. The molecule has 1 aliphatic rings. The molecule has 4 rings (SSSR count). The lowest BCUT2D eigenvalue weighted by atomic mass is 10.2. The lowest BCUT2D eigenvalue weighted by molar-refractivity contribution is -0.153. The van der Waals surface area contributed by atoms with E-state index in [1.807, 2.05) is 0 Å². The van der Waals surface area contributed by atoms with E-state index >= 15 is 0 Å². The van der Waals surface area contributed by atoms with Crippen LogP contribution in [0.4, 0.5) is 5.95 Å². The number of carbonyl (C=O) groups is 3. The summed E-state index contributed by atoms with van der Waals surface area (Å²) in [6.45, 7) is 4.43. The second-order valence-electron chi connectivity index (χ2n) is 9.27. The molecular formula is C25H27Cl2N5O7. The number of ether oxygens (including phenoxy) is 3. The Morgan fingerprint density at radius 3 is 2.69 bits per heavy atom. The van der Waals surface area contributed by atoms with Crippen LogP contribution in [0.3, 0.4) is 0 Å². The number of nitrogens with zero attached hydrogens (tertiary/aromatic N) is 4. The minimum absolute atomic E-state index is 0.00545. The number of aliphatic hydroxyl groups is 1. The van der Waals surface area contributed by atoms with Crippen molar-refractivity contribution in [1.82, 2.24) is 19.5 Å². The summed E-state index contributed by atoms with van der Waals surface area (Å²) in [6, 6.07) is 4.68. The van der Waals surface area contributed by atoms with E-state index in [4.69, 9.17) is 37.4 Å². The standard InChI is InChI=1S/C25H27Cl2N5O7/c1-12(2)23(36)30-25-29-22-21(24(31-25)39-16-8-14(26)5-6-15(16)27)28-11-32(22)19-9-17(18(10-33)37-19)38-20(35)7-4-13(3)34/h5-6,8,11-12,17-19,33H,4,7,9-10H2,1-3H3,(H,29,30,31,36)/t17-,18+,19+/m0/s1. The number of amides is 1. The van der Waals surface area contributed by atoms with Gasteiger partial charge in [-0.1, -0.05) is 37.0 Å². The molecule has 1 fully saturated rings. The average Bonchev–Trinajstić information content (AvgIpc) is 3.48. The van der Waals surface area contributed by atoms with Crippen molar-refractivity contribution in [3.8, 4) is 11.6 Å². The van der Waals surface area contributed by atoms with Crippen LogP contribution in [0.2, 0.25) is 10.0 Å². The van der Waals surface area contributed by atoms with Gasteiger partial charge in [-0.3, -0.25) is 19.5 Å². The number of ketones is 1. The first-order valence-corrected chi connectivity index (χ1v) is 12.9. The van der Waals surface area contributed by atoms with Gasteiger partial charge in [-0.15, -0.1) is 0 Å². The van der Waals surface area contributed by atoms with E-state index in [0.29, 0.717) is 5.02 Å². The molecule has 1 aliphatic heterocycles. The van der Waals surface area contributed by atoms with Gasteiger partial charge in [0.15, 0.2) is 11.2 Å². The SMILES string of the molecule is CC(=O)CCC(=O)O[C@H]1C[C@H](n2cnc3c(Oc4cc(Cl)ccc4Cl)nc(NC(=O)C(C)C)nc32)O[C@@H]1CO. The fraction of sp³-hybridized carbons (Fsp3) is 0.440. The van der Waals surface area contributed by atoms with Gasteiger partial charge in [0, 0.05) is 29.8 Å². The van der Waals surface area contributed by atoms with Gasteiger partial charge in [-0.25, -0.2) is 4.98 Å². The number of esters is 1. The first-order chi connectivity index (χ1) is 18.5. The number of hydrogen-bond donors (Lipinski definition) is 2. The van der Waals surface area contributed by atoms with E-state index in [1.54, 1.807) is 30.5 Å². The number of anilines is 1. The molecule has 12 nitrogen and oxygen atoms in total. The lowest BCUT2D eigenvalue weighted by Crippen LogP contribution is -2.30. The molecule has 0 unspecified atom stereocenters. The summed E-state index contributed by atoms with van der Waals surface area (Å²) in [5, 5.41) is 13.2. The van der Waals surface area contributed by atoms with Crippen LogP contribution in [0.5, 0.6) is 11.6 Å². The second-order valence-corrected chi connectivity index (χ2v) is 10.1. The van der Waals surface area contributed by atoms with Crippen molar-refractivity contribution in [2.24, 2.45) is 5.92 Å². The average molecular weight is 580 g/mol. The van der Waals surface area contributed by atoms with E-state index in [9.17, 15) is 19.5 Å². The minimum Gasteiger partial charge on any atom is -0.459 e. The van der Waals surface area contributed by atoms with Gasteiger partial charge < -0.3 is 24.1 Å². The summed E-state index contributed by atoms with van der Waals surface area (Å²) in [6.07, 6.45) is -0.690. The maximum absolute atomic E-state index is 12.4. The van der Waals surface area contributed by atoms with Gasteiger partial charge in [0.1, 0.15) is 30.0 Å². The number of imidazole rings is 1. The largest absolute Gasteiger partial charge is 0.459 e. The van der Waals surface area contributed by atoms with Crippen LogP contribution in [0, 0.1) is 5.92 Å². The highest BCUT2D eigenvalue weighted by molar-refractivity contribution is 6.34. The first kappa shape index (κ1) is 28.7. The maximum Gasteiger partial charge on any atom is 0.306 e. The van der Waals surface area contributed by atoms with Crippen LogP contribution in [0.15, 0.2) is 24.5 Å². The third-order valence-corrected chi connectivity index (χ3v) is 6.43. The molecule has 2 aromatic heterocycles. The van der Waals surface area contributed by atoms with Crippen LogP contribution in [-0.4, -0.2) is 61.1 Å².